The van der Waals surface area contributed by atoms with Crippen molar-refractivity contribution in [2.24, 2.45) is 0 Å². The van der Waals surface area contributed by atoms with E-state index in [1.165, 1.54) is 5.56 Å². The Kier molecular flexibility index (Phi) is 7.80. The highest BCUT2D eigenvalue weighted by molar-refractivity contribution is 9.10. The van der Waals surface area contributed by atoms with Gasteiger partial charge in [-0.25, -0.2) is 0 Å². The summed E-state index contributed by atoms with van der Waals surface area (Å²) < 4.78 is 0.963. The van der Waals surface area contributed by atoms with Crippen LogP contribution in [0.5, 0.6) is 0 Å². The van der Waals surface area contributed by atoms with E-state index in [9.17, 15) is 9.59 Å². The molecule has 1 heterocycles. The quantitative estimate of drug-likeness (QED) is 0.669. The van der Waals surface area contributed by atoms with Gasteiger partial charge < -0.3 is 10.6 Å². The monoisotopic (exact) mass is 458 g/mol. The number of piperazine rings is 1. The third-order valence-electron chi connectivity index (χ3n) is 4.99. The zero-order chi connectivity index (χ0) is 20.6. The molecule has 7 heteroatoms. The molecule has 6 nitrogen and oxygen atoms in total. The lowest BCUT2D eigenvalue weighted by Crippen LogP contribution is -2.49. The minimum atomic E-state index is -0.226. The summed E-state index contributed by atoms with van der Waals surface area (Å²) in [4.78, 5) is 28.8. The summed E-state index contributed by atoms with van der Waals surface area (Å²) in [5.74, 6) is -0.347. The number of rotatable bonds is 7. The van der Waals surface area contributed by atoms with Gasteiger partial charge in [0.15, 0.2) is 0 Å². The topological polar surface area (TPSA) is 64.7 Å². The van der Waals surface area contributed by atoms with Crippen LogP contribution in [0.2, 0.25) is 0 Å². The fourth-order valence-electron chi connectivity index (χ4n) is 3.35. The second-order valence-electron chi connectivity index (χ2n) is 7.32. The third kappa shape index (κ3) is 6.96. The summed E-state index contributed by atoms with van der Waals surface area (Å²) in [5.41, 5.74) is 3.03. The maximum absolute atomic E-state index is 12.2. The molecule has 1 aliphatic rings. The van der Waals surface area contributed by atoms with Crippen molar-refractivity contribution in [1.29, 1.82) is 0 Å². The Morgan fingerprint density at radius 2 is 1.66 bits per heavy atom. The van der Waals surface area contributed by atoms with Crippen molar-refractivity contribution in [3.05, 3.63) is 64.1 Å². The van der Waals surface area contributed by atoms with Crippen LogP contribution in [0.1, 0.15) is 11.1 Å². The normalized spacial score (nSPS) is 15.1. The van der Waals surface area contributed by atoms with Crippen LogP contribution in [0.25, 0.3) is 0 Å². The molecule has 1 fully saturated rings. The molecular weight excluding hydrogens is 432 g/mol. The standard InChI is InChI=1S/C22H27BrN4O2/c1-17-13-19(23)7-8-20(17)25-21(28)14-24-22(29)16-27-11-9-26(10-12-27)15-18-5-3-2-4-6-18/h2-8,13H,9-12,14-16H2,1H3,(H,24,29)(H,25,28). The van der Waals surface area contributed by atoms with Crippen molar-refractivity contribution in [3.8, 4) is 0 Å². The lowest BCUT2D eigenvalue weighted by molar-refractivity contribution is -0.125. The summed E-state index contributed by atoms with van der Waals surface area (Å²) in [6, 6.07) is 16.1. The number of amides is 2. The summed E-state index contributed by atoms with van der Waals surface area (Å²) in [6.45, 7) is 6.74. The Morgan fingerprint density at radius 3 is 2.34 bits per heavy atom. The molecule has 0 atom stereocenters. The number of nitrogens with zero attached hydrogens (tertiary/aromatic N) is 2. The smallest absolute Gasteiger partial charge is 0.243 e. The van der Waals surface area contributed by atoms with Gasteiger partial charge in [0.2, 0.25) is 11.8 Å². The van der Waals surface area contributed by atoms with Gasteiger partial charge in [-0.15, -0.1) is 0 Å². The molecular formula is C22H27BrN4O2. The van der Waals surface area contributed by atoms with Crippen LogP contribution in [-0.4, -0.2) is 60.9 Å². The Labute approximate surface area is 180 Å². The zero-order valence-corrected chi connectivity index (χ0v) is 18.2. The number of hydrogen-bond donors (Lipinski definition) is 2. The molecule has 0 unspecified atom stereocenters. The molecule has 2 N–H and O–H groups in total. The van der Waals surface area contributed by atoms with Gasteiger partial charge in [0.1, 0.15) is 0 Å². The van der Waals surface area contributed by atoms with Crippen LogP contribution in [0, 0.1) is 6.92 Å². The predicted molar refractivity (Wildman–Crippen MR) is 119 cm³/mol. The number of aryl methyl sites for hydroxylation is 1. The van der Waals surface area contributed by atoms with Crippen LogP contribution in [-0.2, 0) is 16.1 Å². The summed E-state index contributed by atoms with van der Waals surface area (Å²) in [7, 11) is 0. The van der Waals surface area contributed by atoms with Crippen molar-refractivity contribution in [1.82, 2.24) is 15.1 Å². The van der Waals surface area contributed by atoms with Crippen molar-refractivity contribution in [3.63, 3.8) is 0 Å². The molecule has 0 saturated carbocycles. The van der Waals surface area contributed by atoms with Crippen LogP contribution < -0.4 is 10.6 Å². The Hall–Kier alpha value is -2.22. The molecule has 2 aromatic carbocycles. The van der Waals surface area contributed by atoms with Gasteiger partial charge in [-0.3, -0.25) is 19.4 Å². The number of hydrogen-bond acceptors (Lipinski definition) is 4. The highest BCUT2D eigenvalue weighted by Crippen LogP contribution is 2.19. The fourth-order valence-corrected chi connectivity index (χ4v) is 3.82. The molecule has 0 aromatic heterocycles. The number of nitrogens with one attached hydrogen (secondary N) is 2. The van der Waals surface area contributed by atoms with Gasteiger partial charge >= 0.3 is 0 Å². The van der Waals surface area contributed by atoms with Gasteiger partial charge in [0.05, 0.1) is 13.1 Å². The number of carbonyl (C=O) groups excluding carboxylic acids is 2. The lowest BCUT2D eigenvalue weighted by atomic mass is 10.2. The summed E-state index contributed by atoms with van der Waals surface area (Å²) >= 11 is 3.40. The minimum absolute atomic E-state index is 0.0255. The molecule has 1 aliphatic heterocycles. The van der Waals surface area contributed by atoms with Crippen molar-refractivity contribution < 1.29 is 9.59 Å². The molecule has 2 amide bonds. The first-order valence-corrected chi connectivity index (χ1v) is 10.6. The van der Waals surface area contributed by atoms with Gasteiger partial charge in [-0.05, 0) is 36.2 Å². The van der Waals surface area contributed by atoms with E-state index >= 15 is 0 Å². The molecule has 0 bridgehead atoms. The summed E-state index contributed by atoms with van der Waals surface area (Å²) in [5, 5.41) is 5.55. The molecule has 29 heavy (non-hydrogen) atoms. The Bertz CT molecular complexity index is 836. The van der Waals surface area contributed by atoms with E-state index in [1.54, 1.807) is 0 Å². The highest BCUT2D eigenvalue weighted by Gasteiger charge is 2.19. The van der Waals surface area contributed by atoms with Crippen LogP contribution >= 0.6 is 15.9 Å². The minimum Gasteiger partial charge on any atom is -0.346 e. The number of halogens is 1. The van der Waals surface area contributed by atoms with Gasteiger partial charge in [0, 0.05) is 42.9 Å². The van der Waals surface area contributed by atoms with Gasteiger partial charge in [0.25, 0.3) is 0 Å². The first-order chi connectivity index (χ1) is 14.0. The van der Waals surface area contributed by atoms with E-state index in [1.807, 2.05) is 31.2 Å². The first-order valence-electron chi connectivity index (χ1n) is 9.81. The van der Waals surface area contributed by atoms with Gasteiger partial charge in [-0.1, -0.05) is 46.3 Å². The summed E-state index contributed by atoms with van der Waals surface area (Å²) in [6.07, 6.45) is 0. The third-order valence-corrected chi connectivity index (χ3v) is 5.48. The Morgan fingerprint density at radius 1 is 0.966 bits per heavy atom. The van der Waals surface area contributed by atoms with Crippen molar-refractivity contribution in [2.75, 3.05) is 44.6 Å². The maximum Gasteiger partial charge on any atom is 0.243 e. The molecule has 0 spiro atoms. The lowest BCUT2D eigenvalue weighted by Gasteiger charge is -2.34. The SMILES string of the molecule is Cc1cc(Br)ccc1NC(=O)CNC(=O)CN1CCN(Cc2ccccc2)CC1. The average Bonchev–Trinajstić information content (AvgIpc) is 2.71. The van der Waals surface area contributed by atoms with E-state index in [0.29, 0.717) is 6.54 Å². The predicted octanol–water partition coefficient (Wildman–Crippen LogP) is 2.63. The zero-order valence-electron chi connectivity index (χ0n) is 16.7. The van der Waals surface area contributed by atoms with E-state index in [0.717, 1.165) is 48.4 Å². The average molecular weight is 459 g/mol. The van der Waals surface area contributed by atoms with E-state index in [-0.39, 0.29) is 18.4 Å². The maximum atomic E-state index is 12.2. The number of benzene rings is 2. The molecule has 1 saturated heterocycles. The number of carbonyl (C=O) groups is 2. The highest BCUT2D eigenvalue weighted by atomic mass is 79.9. The van der Waals surface area contributed by atoms with Crippen molar-refractivity contribution in [2.45, 2.75) is 13.5 Å². The van der Waals surface area contributed by atoms with Crippen LogP contribution in [0.15, 0.2) is 53.0 Å². The van der Waals surface area contributed by atoms with Crippen LogP contribution in [0.3, 0.4) is 0 Å². The van der Waals surface area contributed by atoms with Gasteiger partial charge in [-0.2, -0.15) is 0 Å². The molecule has 0 radical (unpaired) electrons. The fraction of sp³-hybridized carbons (Fsp3) is 0.364. The Balaban J connectivity index is 1.35. The van der Waals surface area contributed by atoms with Crippen molar-refractivity contribution >= 4 is 33.4 Å². The van der Waals surface area contributed by atoms with E-state index < -0.39 is 0 Å². The molecule has 2 aromatic rings. The largest absolute Gasteiger partial charge is 0.346 e. The molecule has 154 valence electrons. The second-order valence-corrected chi connectivity index (χ2v) is 8.24. The van der Waals surface area contributed by atoms with E-state index in [2.05, 4.69) is 60.6 Å². The second kappa shape index (κ2) is 10.5. The molecule has 3 rings (SSSR count). The number of anilines is 1. The van der Waals surface area contributed by atoms with Crippen LogP contribution in [0.4, 0.5) is 5.69 Å². The first kappa shape index (κ1) is 21.5. The molecule has 0 aliphatic carbocycles. The van der Waals surface area contributed by atoms with E-state index in [4.69, 9.17) is 0 Å².